The zero-order valence-electron chi connectivity index (χ0n) is 30.4. The largest absolute Gasteiger partial charge is 0.455 e. The highest BCUT2D eigenvalue weighted by atomic mass is 16.3. The topological polar surface area (TPSA) is 69.9 Å². The van der Waals surface area contributed by atoms with Gasteiger partial charge in [0.1, 0.15) is 22.3 Å². The Morgan fingerprint density at radius 1 is 0.333 bits per heavy atom. The minimum Gasteiger partial charge on any atom is -0.455 e. The molecule has 266 valence electrons. The molecule has 6 nitrogen and oxygen atoms in total. The fourth-order valence-corrected chi connectivity index (χ4v) is 8.45. The first-order valence-electron chi connectivity index (χ1n) is 19.0. The lowest BCUT2D eigenvalue weighted by Gasteiger charge is -2.13. The molecule has 0 atom stereocenters. The van der Waals surface area contributed by atoms with E-state index < -0.39 is 0 Å². The standard InChI is InChI=1S/C51H30N4O2/c1-3-13-31(14-4-1)32-23-25-34(26-24-32)50-52-49(33-15-5-2-6-16-33)53-51(54-50)39-28-30-42(46-38-19-9-12-22-44(38)57-48(39)46)55-40-20-10-7-18-37(40)45-41(55)29-27-36-35-17-8-11-21-43(35)56-47(36)45/h1-30H. The van der Waals surface area contributed by atoms with E-state index in [1.165, 1.54) is 0 Å². The maximum Gasteiger partial charge on any atom is 0.167 e. The Kier molecular flexibility index (Phi) is 6.83. The van der Waals surface area contributed by atoms with E-state index in [-0.39, 0.29) is 0 Å². The Morgan fingerprint density at radius 3 is 1.63 bits per heavy atom. The molecule has 0 N–H and O–H groups in total. The molecule has 0 bridgehead atoms. The van der Waals surface area contributed by atoms with Gasteiger partial charge in [0.15, 0.2) is 17.5 Å². The second-order valence-corrected chi connectivity index (χ2v) is 14.3. The van der Waals surface area contributed by atoms with Crippen molar-refractivity contribution >= 4 is 65.7 Å². The Morgan fingerprint density at radius 2 is 0.877 bits per heavy atom. The summed E-state index contributed by atoms with van der Waals surface area (Å²) in [5, 5.41) is 6.40. The molecule has 0 fully saturated rings. The van der Waals surface area contributed by atoms with Crippen LogP contribution in [-0.4, -0.2) is 19.5 Å². The van der Waals surface area contributed by atoms with Crippen molar-refractivity contribution in [2.24, 2.45) is 0 Å². The van der Waals surface area contributed by atoms with Crippen LogP contribution in [0.4, 0.5) is 0 Å². The molecule has 0 saturated heterocycles. The number of furan rings is 2. The zero-order chi connectivity index (χ0) is 37.5. The van der Waals surface area contributed by atoms with Crippen molar-refractivity contribution in [1.29, 1.82) is 0 Å². The average Bonchev–Trinajstić information content (AvgIpc) is 3.97. The second-order valence-electron chi connectivity index (χ2n) is 14.3. The van der Waals surface area contributed by atoms with E-state index in [4.69, 9.17) is 23.8 Å². The van der Waals surface area contributed by atoms with Gasteiger partial charge in [0.25, 0.3) is 0 Å². The molecule has 12 aromatic rings. The monoisotopic (exact) mass is 730 g/mol. The molecule has 4 aromatic heterocycles. The number of para-hydroxylation sites is 3. The third kappa shape index (κ3) is 4.87. The maximum absolute atomic E-state index is 6.83. The van der Waals surface area contributed by atoms with Gasteiger partial charge < -0.3 is 13.4 Å². The molecule has 0 spiro atoms. The van der Waals surface area contributed by atoms with E-state index >= 15 is 0 Å². The van der Waals surface area contributed by atoms with Gasteiger partial charge in [0.05, 0.1) is 33.1 Å². The second kappa shape index (κ2) is 12.3. The molecule has 0 aliphatic heterocycles. The smallest absolute Gasteiger partial charge is 0.167 e. The number of aromatic nitrogens is 4. The molecule has 0 saturated carbocycles. The van der Waals surface area contributed by atoms with E-state index in [1.54, 1.807) is 0 Å². The lowest BCUT2D eigenvalue weighted by molar-refractivity contribution is 0.669. The Hall–Kier alpha value is -7.83. The van der Waals surface area contributed by atoms with Crippen LogP contribution in [0, 0.1) is 0 Å². The van der Waals surface area contributed by atoms with Crippen LogP contribution < -0.4 is 0 Å². The van der Waals surface area contributed by atoms with E-state index in [0.29, 0.717) is 23.1 Å². The summed E-state index contributed by atoms with van der Waals surface area (Å²) >= 11 is 0. The number of benzene rings is 8. The Bertz CT molecular complexity index is 3510. The summed E-state index contributed by atoms with van der Waals surface area (Å²) in [5.41, 5.74) is 11.3. The highest BCUT2D eigenvalue weighted by Gasteiger charge is 2.24. The summed E-state index contributed by atoms with van der Waals surface area (Å²) < 4.78 is 15.8. The molecule has 57 heavy (non-hydrogen) atoms. The number of fused-ring (bicyclic) bond motifs is 10. The minimum absolute atomic E-state index is 0.535. The molecule has 6 heteroatoms. The van der Waals surface area contributed by atoms with Crippen molar-refractivity contribution in [2.75, 3.05) is 0 Å². The summed E-state index contributed by atoms with van der Waals surface area (Å²) in [5.74, 6) is 1.71. The predicted molar refractivity (Wildman–Crippen MR) is 230 cm³/mol. The van der Waals surface area contributed by atoms with Crippen LogP contribution >= 0.6 is 0 Å². The number of hydrogen-bond acceptors (Lipinski definition) is 5. The molecular formula is C51H30N4O2. The third-order valence-electron chi connectivity index (χ3n) is 11.1. The van der Waals surface area contributed by atoms with Gasteiger partial charge in [-0.3, -0.25) is 0 Å². The van der Waals surface area contributed by atoms with Crippen molar-refractivity contribution in [3.05, 3.63) is 182 Å². The summed E-state index contributed by atoms with van der Waals surface area (Å²) in [6.07, 6.45) is 0. The first kappa shape index (κ1) is 31.5. The fourth-order valence-electron chi connectivity index (χ4n) is 8.45. The highest BCUT2D eigenvalue weighted by molar-refractivity contribution is 6.25. The first-order valence-corrected chi connectivity index (χ1v) is 19.0. The lowest BCUT2D eigenvalue weighted by atomic mass is 10.0. The SMILES string of the molecule is c1ccc(-c2ccc(-c3nc(-c4ccccc4)nc(-c4ccc(-n5c6ccccc6c6c7oc8ccccc8c7ccc65)c5c4oc4ccccc45)n3)cc2)cc1. The van der Waals surface area contributed by atoms with Gasteiger partial charge in [0.2, 0.25) is 0 Å². The summed E-state index contributed by atoms with van der Waals surface area (Å²) in [7, 11) is 0. The van der Waals surface area contributed by atoms with Gasteiger partial charge in [-0.1, -0.05) is 140 Å². The van der Waals surface area contributed by atoms with Crippen molar-refractivity contribution in [2.45, 2.75) is 0 Å². The van der Waals surface area contributed by atoms with Gasteiger partial charge in [-0.2, -0.15) is 0 Å². The molecule has 8 aromatic carbocycles. The molecular weight excluding hydrogens is 701 g/mol. The summed E-state index contributed by atoms with van der Waals surface area (Å²) in [6, 6.07) is 62.5. The van der Waals surface area contributed by atoms with Gasteiger partial charge >= 0.3 is 0 Å². The predicted octanol–water partition coefficient (Wildman–Crippen LogP) is 13.4. The van der Waals surface area contributed by atoms with E-state index in [0.717, 1.165) is 93.6 Å². The minimum atomic E-state index is 0.535. The molecule has 0 aliphatic rings. The van der Waals surface area contributed by atoms with Crippen molar-refractivity contribution in [3.8, 4) is 51.0 Å². The van der Waals surface area contributed by atoms with E-state index in [2.05, 4.69) is 126 Å². The fraction of sp³-hybridized carbons (Fsp3) is 0. The van der Waals surface area contributed by atoms with E-state index in [1.807, 2.05) is 60.7 Å². The first-order chi connectivity index (χ1) is 28.3. The Balaban J connectivity index is 1.11. The molecule has 12 rings (SSSR count). The third-order valence-corrected chi connectivity index (χ3v) is 11.1. The summed E-state index contributed by atoms with van der Waals surface area (Å²) in [6.45, 7) is 0. The van der Waals surface area contributed by atoms with Crippen molar-refractivity contribution in [1.82, 2.24) is 19.5 Å². The van der Waals surface area contributed by atoms with Crippen LogP contribution in [0.3, 0.4) is 0 Å². The van der Waals surface area contributed by atoms with Gasteiger partial charge in [-0.15, -0.1) is 0 Å². The van der Waals surface area contributed by atoms with Gasteiger partial charge in [-0.05, 0) is 53.6 Å². The average molecular weight is 731 g/mol. The summed E-state index contributed by atoms with van der Waals surface area (Å²) in [4.78, 5) is 15.3. The lowest BCUT2D eigenvalue weighted by Crippen LogP contribution is -2.01. The maximum atomic E-state index is 6.83. The number of nitrogens with zero attached hydrogens (tertiary/aromatic N) is 4. The normalized spacial score (nSPS) is 11.9. The van der Waals surface area contributed by atoms with Gasteiger partial charge in [-0.25, -0.2) is 15.0 Å². The van der Waals surface area contributed by atoms with E-state index in [9.17, 15) is 0 Å². The molecule has 4 heterocycles. The number of rotatable bonds is 5. The Labute approximate surface area is 325 Å². The van der Waals surface area contributed by atoms with Crippen LogP contribution in [0.25, 0.3) is 117 Å². The quantitative estimate of drug-likeness (QED) is 0.176. The molecule has 0 radical (unpaired) electrons. The van der Waals surface area contributed by atoms with Crippen molar-refractivity contribution < 1.29 is 8.83 Å². The van der Waals surface area contributed by atoms with Crippen LogP contribution in [0.1, 0.15) is 0 Å². The van der Waals surface area contributed by atoms with Crippen LogP contribution in [0.15, 0.2) is 191 Å². The number of hydrogen-bond donors (Lipinski definition) is 0. The highest BCUT2D eigenvalue weighted by Crippen LogP contribution is 2.44. The molecule has 0 aliphatic carbocycles. The van der Waals surface area contributed by atoms with Crippen LogP contribution in [0.2, 0.25) is 0 Å². The molecule has 0 amide bonds. The van der Waals surface area contributed by atoms with Crippen LogP contribution in [-0.2, 0) is 0 Å². The van der Waals surface area contributed by atoms with Crippen molar-refractivity contribution in [3.63, 3.8) is 0 Å². The van der Waals surface area contributed by atoms with Crippen LogP contribution in [0.5, 0.6) is 0 Å². The molecule has 0 unspecified atom stereocenters. The van der Waals surface area contributed by atoms with Gasteiger partial charge in [0, 0.05) is 32.7 Å². The zero-order valence-corrected chi connectivity index (χ0v) is 30.4.